The van der Waals surface area contributed by atoms with E-state index in [-0.39, 0.29) is 13.0 Å². The smallest absolute Gasteiger partial charge is 0.343 e. The Morgan fingerprint density at radius 1 is 1.19 bits per heavy atom. The Morgan fingerprint density at radius 2 is 1.71 bits per heavy atom. The van der Waals surface area contributed by atoms with Gasteiger partial charge in [0.25, 0.3) is 5.97 Å². The molecule has 5 N–H and O–H groups in total. The molecule has 1 unspecified atom stereocenters. The Labute approximate surface area is 116 Å². The Balaban J connectivity index is 3.65. The minimum absolute atomic E-state index is 0.212. The van der Waals surface area contributed by atoms with Crippen molar-refractivity contribution in [2.75, 3.05) is 6.54 Å². The lowest BCUT2D eigenvalue weighted by Crippen LogP contribution is -2.37. The summed E-state index contributed by atoms with van der Waals surface area (Å²) in [5.41, 5.74) is 1.91. The monoisotopic (exact) mass is 305 g/mol. The van der Waals surface area contributed by atoms with Gasteiger partial charge in [-0.15, -0.1) is 0 Å². The van der Waals surface area contributed by atoms with Gasteiger partial charge in [-0.1, -0.05) is 0 Å². The summed E-state index contributed by atoms with van der Waals surface area (Å²) < 4.78 is 13.4. The first-order valence-electron chi connectivity index (χ1n) is 5.59. The second-order valence-corrected chi connectivity index (χ2v) is 4.17. The maximum atomic E-state index is 13.4. The van der Waals surface area contributed by atoms with E-state index < -0.39 is 44.5 Å². The van der Waals surface area contributed by atoms with Crippen LogP contribution in [0.15, 0.2) is 12.1 Å². The van der Waals surface area contributed by atoms with Crippen LogP contribution in [0.1, 0.15) is 17.9 Å². The lowest BCUT2D eigenvalue weighted by atomic mass is 9.91. The van der Waals surface area contributed by atoms with Gasteiger partial charge in [-0.2, -0.15) is 4.39 Å². The van der Waals surface area contributed by atoms with E-state index in [0.29, 0.717) is 6.07 Å². The van der Waals surface area contributed by atoms with Crippen LogP contribution < -0.4 is 5.73 Å². The maximum Gasteiger partial charge on any atom is 0.381 e. The van der Waals surface area contributed by atoms with Crippen molar-refractivity contribution in [2.24, 2.45) is 5.73 Å². The zero-order valence-corrected chi connectivity index (χ0v) is 10.5. The van der Waals surface area contributed by atoms with Crippen molar-refractivity contribution in [3.05, 3.63) is 43.7 Å². The standard InChI is InChI=1S/C10H12FN3O7/c11-7-2-1-5(6(3-4-12)10(15,16)17)8(13(18)19)9(7)14(20)21/h1-2,6,15-17H,3-4,12H2. The molecule has 0 radical (unpaired) electrons. The summed E-state index contributed by atoms with van der Waals surface area (Å²) in [5.74, 6) is -6.58. The van der Waals surface area contributed by atoms with E-state index in [9.17, 15) is 39.9 Å². The average molecular weight is 305 g/mol. The second kappa shape index (κ2) is 6.05. The van der Waals surface area contributed by atoms with Gasteiger partial charge in [0.2, 0.25) is 5.82 Å². The van der Waals surface area contributed by atoms with Crippen molar-refractivity contribution in [1.82, 2.24) is 0 Å². The zero-order chi connectivity index (χ0) is 16.4. The Bertz CT molecular complexity index is 573. The molecule has 0 aliphatic heterocycles. The molecule has 1 aromatic rings. The highest BCUT2D eigenvalue weighted by molar-refractivity contribution is 5.60. The summed E-state index contributed by atoms with van der Waals surface area (Å²) in [6, 6.07) is 1.33. The number of halogens is 1. The summed E-state index contributed by atoms with van der Waals surface area (Å²) in [5, 5.41) is 49.5. The maximum absolute atomic E-state index is 13.4. The summed E-state index contributed by atoms with van der Waals surface area (Å²) in [4.78, 5) is 19.2. The molecule has 0 fully saturated rings. The van der Waals surface area contributed by atoms with Crippen LogP contribution in [-0.4, -0.2) is 37.7 Å². The first-order valence-corrected chi connectivity index (χ1v) is 5.59. The fourth-order valence-corrected chi connectivity index (χ4v) is 1.94. The van der Waals surface area contributed by atoms with Crippen LogP contribution in [-0.2, 0) is 0 Å². The van der Waals surface area contributed by atoms with E-state index in [0.717, 1.165) is 6.07 Å². The number of nitrogens with zero attached hydrogens (tertiary/aromatic N) is 2. The molecule has 0 aliphatic rings. The molecule has 0 aliphatic carbocycles. The van der Waals surface area contributed by atoms with Crippen molar-refractivity contribution in [3.8, 4) is 0 Å². The highest BCUT2D eigenvalue weighted by Gasteiger charge is 2.42. The first-order chi connectivity index (χ1) is 9.61. The fourth-order valence-electron chi connectivity index (χ4n) is 1.94. The van der Waals surface area contributed by atoms with Crippen LogP contribution in [0.5, 0.6) is 0 Å². The molecule has 0 spiro atoms. The van der Waals surface area contributed by atoms with Crippen LogP contribution in [0, 0.1) is 26.0 Å². The second-order valence-electron chi connectivity index (χ2n) is 4.17. The third-order valence-corrected chi connectivity index (χ3v) is 2.80. The highest BCUT2D eigenvalue weighted by atomic mass is 19.1. The summed E-state index contributed by atoms with van der Waals surface area (Å²) in [6.45, 7) is -0.212. The number of nitro groups is 2. The van der Waals surface area contributed by atoms with Gasteiger partial charge in [0.05, 0.1) is 15.8 Å². The third-order valence-electron chi connectivity index (χ3n) is 2.80. The molecule has 116 valence electrons. The number of hydrogen-bond acceptors (Lipinski definition) is 8. The van der Waals surface area contributed by atoms with Crippen LogP contribution in [0.3, 0.4) is 0 Å². The van der Waals surface area contributed by atoms with Crippen molar-refractivity contribution in [2.45, 2.75) is 18.3 Å². The molecule has 0 saturated heterocycles. The van der Waals surface area contributed by atoms with E-state index in [1.54, 1.807) is 0 Å². The van der Waals surface area contributed by atoms with E-state index in [1.807, 2.05) is 0 Å². The van der Waals surface area contributed by atoms with Crippen molar-refractivity contribution < 1.29 is 29.6 Å². The van der Waals surface area contributed by atoms with Gasteiger partial charge in [-0.3, -0.25) is 20.2 Å². The van der Waals surface area contributed by atoms with Gasteiger partial charge in [-0.25, -0.2) is 0 Å². The lowest BCUT2D eigenvalue weighted by Gasteiger charge is -2.25. The molecule has 10 nitrogen and oxygen atoms in total. The normalized spacial score (nSPS) is 13.0. The van der Waals surface area contributed by atoms with E-state index in [2.05, 4.69) is 0 Å². The molecule has 0 aromatic heterocycles. The molecule has 1 rings (SSSR count). The van der Waals surface area contributed by atoms with E-state index >= 15 is 0 Å². The Hall–Kier alpha value is -2.21. The number of rotatable bonds is 6. The Morgan fingerprint density at radius 3 is 2.10 bits per heavy atom. The predicted octanol–water partition coefficient (Wildman–Crippen LogP) is -0.295. The number of hydrogen-bond donors (Lipinski definition) is 4. The van der Waals surface area contributed by atoms with Crippen molar-refractivity contribution in [3.63, 3.8) is 0 Å². The van der Waals surface area contributed by atoms with Crippen LogP contribution in [0.25, 0.3) is 0 Å². The Kier molecular flexibility index (Phi) is 4.85. The molecule has 1 atom stereocenters. The average Bonchev–Trinajstić information content (AvgIpc) is 2.34. The minimum Gasteiger partial charge on any atom is -0.343 e. The van der Waals surface area contributed by atoms with E-state index in [4.69, 9.17) is 5.73 Å². The van der Waals surface area contributed by atoms with E-state index in [1.165, 1.54) is 0 Å². The van der Waals surface area contributed by atoms with Gasteiger partial charge in [0.15, 0.2) is 0 Å². The van der Waals surface area contributed by atoms with Gasteiger partial charge in [0.1, 0.15) is 0 Å². The molecule has 0 amide bonds. The SMILES string of the molecule is NCCC(c1ccc(F)c([N+](=O)[O-])c1[N+](=O)[O-])C(O)(O)O. The first kappa shape index (κ1) is 16.8. The quantitative estimate of drug-likeness (QED) is 0.315. The van der Waals surface area contributed by atoms with Crippen molar-refractivity contribution >= 4 is 11.4 Å². The van der Waals surface area contributed by atoms with Gasteiger partial charge in [-0.05, 0) is 25.1 Å². The molecule has 21 heavy (non-hydrogen) atoms. The van der Waals surface area contributed by atoms with Gasteiger partial charge >= 0.3 is 11.4 Å². The molecular weight excluding hydrogens is 293 g/mol. The van der Waals surface area contributed by atoms with Crippen LogP contribution in [0.4, 0.5) is 15.8 Å². The number of aliphatic hydroxyl groups is 3. The summed E-state index contributed by atoms with van der Waals surface area (Å²) >= 11 is 0. The van der Waals surface area contributed by atoms with Crippen molar-refractivity contribution in [1.29, 1.82) is 0 Å². The topological polar surface area (TPSA) is 173 Å². The zero-order valence-electron chi connectivity index (χ0n) is 10.5. The molecule has 11 heteroatoms. The largest absolute Gasteiger partial charge is 0.381 e. The molecule has 0 bridgehead atoms. The van der Waals surface area contributed by atoms with Crippen LogP contribution in [0.2, 0.25) is 0 Å². The fraction of sp³-hybridized carbons (Fsp3) is 0.400. The number of nitro benzene ring substituents is 2. The predicted molar refractivity (Wildman–Crippen MR) is 65.5 cm³/mol. The molecular formula is C10H12FN3O7. The third kappa shape index (κ3) is 3.46. The summed E-state index contributed by atoms with van der Waals surface area (Å²) in [6.07, 6.45) is -0.340. The van der Waals surface area contributed by atoms with Gasteiger partial charge in [0, 0.05) is 5.56 Å². The number of benzene rings is 1. The molecule has 0 heterocycles. The van der Waals surface area contributed by atoms with Gasteiger partial charge < -0.3 is 21.1 Å². The summed E-state index contributed by atoms with van der Waals surface area (Å²) in [7, 11) is 0. The molecule has 1 aromatic carbocycles. The minimum atomic E-state index is -3.41. The number of nitrogens with two attached hydrogens (primary N) is 1. The highest BCUT2D eigenvalue weighted by Crippen LogP contribution is 2.40. The lowest BCUT2D eigenvalue weighted by molar-refractivity contribution is -0.425. The van der Waals surface area contributed by atoms with Crippen LogP contribution >= 0.6 is 0 Å². The molecule has 0 saturated carbocycles.